The zero-order valence-corrected chi connectivity index (χ0v) is 22.1. The van der Waals surface area contributed by atoms with Crippen molar-refractivity contribution in [1.29, 1.82) is 0 Å². The van der Waals surface area contributed by atoms with Crippen LogP contribution in [0.15, 0.2) is 48.2 Å². The van der Waals surface area contributed by atoms with Crippen LogP contribution in [0, 0.1) is 0 Å². The van der Waals surface area contributed by atoms with Crippen LogP contribution in [-0.2, 0) is 18.1 Å². The van der Waals surface area contributed by atoms with E-state index in [0.29, 0.717) is 0 Å². The molecule has 0 heterocycles. The van der Waals surface area contributed by atoms with E-state index in [1.165, 1.54) is 52.5 Å². The Hall–Kier alpha value is -1.52. The quantitative estimate of drug-likeness (QED) is 0.230. The van der Waals surface area contributed by atoms with E-state index in [1.54, 1.807) is 0 Å². The Bertz CT molecular complexity index is 766. The van der Waals surface area contributed by atoms with Gasteiger partial charge >= 0.3 is 195 Å². The summed E-state index contributed by atoms with van der Waals surface area (Å²) < 4.78 is 3.90. The Morgan fingerprint density at radius 1 is 0.767 bits per heavy atom. The van der Waals surface area contributed by atoms with Crippen LogP contribution in [0.5, 0.6) is 0 Å². The SMILES string of the molecule is CCCCCC[N+](=C1C=CC(N(CC)CC)=C[C]1=[Os])c1ccc(N(CC)CC)cc1. The molecular weight excluding hydrogens is 545 g/mol. The molecule has 0 aliphatic heterocycles. The van der Waals surface area contributed by atoms with Crippen molar-refractivity contribution in [2.24, 2.45) is 0 Å². The zero-order valence-electron chi connectivity index (χ0n) is 19.6. The molecule has 1 aliphatic carbocycles. The molecule has 0 spiro atoms. The van der Waals surface area contributed by atoms with Crippen LogP contribution in [0.2, 0.25) is 0 Å². The standard InChI is InChI=1S/C26H40N3.Os/c1-6-11-12-13-22-29(25-18-14-23(15-19-25)27(7-2)8-3)26-20-16-24(17-21-26)28(9-4)10-5;/h14-20H,6-13,22H2,1-5H3;/q+1;. The third-order valence-electron chi connectivity index (χ3n) is 5.87. The van der Waals surface area contributed by atoms with Crippen LogP contribution in [0.4, 0.5) is 11.4 Å². The molecule has 0 saturated carbocycles. The zero-order chi connectivity index (χ0) is 21.9. The Balaban J connectivity index is 2.36. The van der Waals surface area contributed by atoms with Crippen molar-refractivity contribution in [1.82, 2.24) is 4.90 Å². The summed E-state index contributed by atoms with van der Waals surface area (Å²) >= 11 is 2.02. The first-order valence-corrected chi connectivity index (χ1v) is 13.0. The molecule has 0 radical (unpaired) electrons. The van der Waals surface area contributed by atoms with Gasteiger partial charge in [0.1, 0.15) is 0 Å². The Labute approximate surface area is 194 Å². The predicted octanol–water partition coefficient (Wildman–Crippen LogP) is 5.71. The summed E-state index contributed by atoms with van der Waals surface area (Å²) in [6.07, 6.45) is 12.1. The summed E-state index contributed by atoms with van der Waals surface area (Å²) in [7, 11) is 0. The first-order valence-electron chi connectivity index (χ1n) is 11.7. The molecule has 0 N–H and O–H groups in total. The van der Waals surface area contributed by atoms with Gasteiger partial charge in [0.25, 0.3) is 0 Å². The number of anilines is 1. The van der Waals surface area contributed by atoms with E-state index in [2.05, 4.69) is 91.5 Å². The van der Waals surface area contributed by atoms with E-state index in [0.717, 1.165) is 32.7 Å². The summed E-state index contributed by atoms with van der Waals surface area (Å²) in [6, 6.07) is 9.16. The topological polar surface area (TPSA) is 9.49 Å². The van der Waals surface area contributed by atoms with Gasteiger partial charge < -0.3 is 0 Å². The van der Waals surface area contributed by atoms with Gasteiger partial charge in [0.2, 0.25) is 0 Å². The van der Waals surface area contributed by atoms with Crippen LogP contribution < -0.4 is 4.90 Å². The van der Waals surface area contributed by atoms with Gasteiger partial charge in [0.15, 0.2) is 0 Å². The Morgan fingerprint density at radius 3 is 1.93 bits per heavy atom. The van der Waals surface area contributed by atoms with Gasteiger partial charge in [-0.1, -0.05) is 0 Å². The van der Waals surface area contributed by atoms with E-state index < -0.39 is 0 Å². The number of hydrogen-bond acceptors (Lipinski definition) is 2. The summed E-state index contributed by atoms with van der Waals surface area (Å²) in [5.74, 6) is 0. The second kappa shape index (κ2) is 13.0. The third-order valence-corrected chi connectivity index (χ3v) is 6.88. The summed E-state index contributed by atoms with van der Waals surface area (Å²) in [5, 5.41) is 0. The fourth-order valence-corrected chi connectivity index (χ4v) is 4.94. The minimum atomic E-state index is 1.05. The molecule has 4 heteroatoms. The van der Waals surface area contributed by atoms with Gasteiger partial charge in [-0.2, -0.15) is 0 Å². The van der Waals surface area contributed by atoms with Crippen LogP contribution in [0.3, 0.4) is 0 Å². The maximum absolute atomic E-state index is 2.52. The van der Waals surface area contributed by atoms with Gasteiger partial charge in [0, 0.05) is 0 Å². The predicted molar refractivity (Wildman–Crippen MR) is 129 cm³/mol. The number of benzene rings is 1. The number of hydrogen-bond donors (Lipinski definition) is 0. The van der Waals surface area contributed by atoms with Crippen LogP contribution >= 0.6 is 0 Å². The van der Waals surface area contributed by atoms with Crippen molar-refractivity contribution in [3.05, 3.63) is 48.2 Å². The Morgan fingerprint density at radius 2 is 1.40 bits per heavy atom. The monoisotopic (exact) mass is 586 g/mol. The third kappa shape index (κ3) is 6.49. The first-order chi connectivity index (χ1) is 14.6. The van der Waals surface area contributed by atoms with Gasteiger partial charge in [0.05, 0.1) is 0 Å². The van der Waals surface area contributed by atoms with Gasteiger partial charge in [-0.3, -0.25) is 0 Å². The molecule has 1 aromatic rings. The molecule has 0 fully saturated rings. The molecular formula is C26H40N3Os+. The van der Waals surface area contributed by atoms with E-state index in [-0.39, 0.29) is 0 Å². The van der Waals surface area contributed by atoms with Crippen molar-refractivity contribution in [2.75, 3.05) is 37.6 Å². The second-order valence-electron chi connectivity index (χ2n) is 7.70. The van der Waals surface area contributed by atoms with Gasteiger partial charge in [-0.05, 0) is 0 Å². The van der Waals surface area contributed by atoms with Crippen molar-refractivity contribution in [3.63, 3.8) is 0 Å². The van der Waals surface area contributed by atoms with E-state index >= 15 is 0 Å². The number of nitrogens with zero attached hydrogens (tertiary/aromatic N) is 3. The van der Waals surface area contributed by atoms with Crippen LogP contribution in [-0.4, -0.2) is 52.0 Å². The Kier molecular flexibility index (Phi) is 10.7. The molecule has 0 amide bonds. The van der Waals surface area contributed by atoms with Crippen molar-refractivity contribution >= 4 is 21.2 Å². The number of likely N-dealkylation sites (N-methyl/N-ethyl adjacent to an activating group) is 1. The minimum absolute atomic E-state index is 1.05. The van der Waals surface area contributed by atoms with E-state index in [9.17, 15) is 0 Å². The molecule has 0 saturated heterocycles. The second-order valence-corrected chi connectivity index (χ2v) is 9.06. The van der Waals surface area contributed by atoms with E-state index in [4.69, 9.17) is 0 Å². The molecule has 0 unspecified atom stereocenters. The van der Waals surface area contributed by atoms with Gasteiger partial charge in [-0.15, -0.1) is 0 Å². The van der Waals surface area contributed by atoms with Crippen molar-refractivity contribution < 1.29 is 22.7 Å². The molecule has 2 rings (SSSR count). The van der Waals surface area contributed by atoms with Crippen molar-refractivity contribution in [3.8, 4) is 0 Å². The molecule has 0 aromatic heterocycles. The number of unbranched alkanes of at least 4 members (excludes halogenated alkanes) is 3. The summed E-state index contributed by atoms with van der Waals surface area (Å²) in [4.78, 5) is 4.83. The van der Waals surface area contributed by atoms with Crippen LogP contribution in [0.25, 0.3) is 0 Å². The van der Waals surface area contributed by atoms with Crippen LogP contribution in [0.1, 0.15) is 60.3 Å². The van der Waals surface area contributed by atoms with Crippen molar-refractivity contribution in [2.45, 2.75) is 60.3 Å². The molecule has 30 heavy (non-hydrogen) atoms. The fraction of sp³-hybridized carbons (Fsp3) is 0.538. The molecule has 1 aliphatic rings. The molecule has 0 atom stereocenters. The average Bonchev–Trinajstić information content (AvgIpc) is 2.77. The normalized spacial score (nSPS) is 15.3. The molecule has 0 bridgehead atoms. The average molecular weight is 585 g/mol. The summed E-state index contributed by atoms with van der Waals surface area (Å²) in [6.45, 7) is 16.4. The molecule has 1 aromatic carbocycles. The fourth-order valence-electron chi connectivity index (χ4n) is 4.01. The number of allylic oxidation sites excluding steroid dienone is 3. The molecule has 166 valence electrons. The molecule has 3 nitrogen and oxygen atoms in total. The number of rotatable bonds is 12. The van der Waals surface area contributed by atoms with E-state index in [1.807, 2.05) is 18.1 Å². The summed E-state index contributed by atoms with van der Waals surface area (Å²) in [5.41, 5.74) is 5.28. The first kappa shape index (κ1) is 24.7. The maximum atomic E-state index is 2.52. The van der Waals surface area contributed by atoms with Gasteiger partial charge in [-0.25, -0.2) is 0 Å².